The number of benzene rings is 2. The number of hydrogen-bond acceptors (Lipinski definition) is 8. The van der Waals surface area contributed by atoms with Crippen LogP contribution in [0.1, 0.15) is 23.7 Å². The summed E-state index contributed by atoms with van der Waals surface area (Å²) in [5, 5.41) is 5.74. The van der Waals surface area contributed by atoms with Gasteiger partial charge in [0.15, 0.2) is 11.7 Å². The van der Waals surface area contributed by atoms with Crippen molar-refractivity contribution in [1.29, 1.82) is 0 Å². The molecule has 0 bridgehead atoms. The van der Waals surface area contributed by atoms with Crippen molar-refractivity contribution >= 4 is 56.2 Å². The predicted molar refractivity (Wildman–Crippen MR) is 131 cm³/mol. The maximum atomic E-state index is 12.6. The molecule has 0 saturated carbocycles. The van der Waals surface area contributed by atoms with Gasteiger partial charge in [0.05, 0.1) is 16.8 Å². The predicted octanol–water partition coefficient (Wildman–Crippen LogP) is 3.73. The standard InChI is InChI=1S/C23H25N3O5S2/c1-3-30-16-9-10-17-19(13-16)33-23(25-17)26-20(27)14-31-22(29)18(11-12-32-2)24-21(28)15-7-5-4-6-8-15/h4-10,13,18H,3,11-12,14H2,1-2H3,(H,24,28)(H,25,26,27). The molecule has 1 aromatic heterocycles. The number of esters is 1. The zero-order valence-corrected chi connectivity index (χ0v) is 20.0. The van der Waals surface area contributed by atoms with Gasteiger partial charge in [-0.15, -0.1) is 0 Å². The fraction of sp³-hybridized carbons (Fsp3) is 0.304. The fourth-order valence-electron chi connectivity index (χ4n) is 2.92. The van der Waals surface area contributed by atoms with Gasteiger partial charge in [0, 0.05) is 5.56 Å². The maximum Gasteiger partial charge on any atom is 0.329 e. The average Bonchev–Trinajstić information content (AvgIpc) is 3.22. The quantitative estimate of drug-likeness (QED) is 0.397. The van der Waals surface area contributed by atoms with E-state index in [1.165, 1.54) is 11.3 Å². The number of hydrogen-bond donors (Lipinski definition) is 2. The average molecular weight is 488 g/mol. The topological polar surface area (TPSA) is 107 Å². The molecule has 3 rings (SSSR count). The molecule has 0 spiro atoms. The highest BCUT2D eigenvalue weighted by Gasteiger charge is 2.23. The first kappa shape index (κ1) is 24.5. The van der Waals surface area contributed by atoms with Crippen LogP contribution in [-0.2, 0) is 14.3 Å². The molecular formula is C23H25N3O5S2. The Bertz CT molecular complexity index is 1100. The first-order valence-electron chi connectivity index (χ1n) is 10.3. The van der Waals surface area contributed by atoms with E-state index >= 15 is 0 Å². The van der Waals surface area contributed by atoms with Crippen LogP contribution < -0.4 is 15.4 Å². The van der Waals surface area contributed by atoms with Crippen molar-refractivity contribution in [1.82, 2.24) is 10.3 Å². The van der Waals surface area contributed by atoms with Crippen LogP contribution in [0.25, 0.3) is 10.2 Å². The smallest absolute Gasteiger partial charge is 0.329 e. The highest BCUT2D eigenvalue weighted by Crippen LogP contribution is 2.29. The largest absolute Gasteiger partial charge is 0.494 e. The van der Waals surface area contributed by atoms with Crippen LogP contribution >= 0.6 is 23.1 Å². The van der Waals surface area contributed by atoms with Crippen LogP contribution in [0.4, 0.5) is 5.13 Å². The maximum absolute atomic E-state index is 12.6. The summed E-state index contributed by atoms with van der Waals surface area (Å²) in [7, 11) is 0. The Morgan fingerprint density at radius 2 is 1.94 bits per heavy atom. The molecule has 2 aromatic carbocycles. The van der Waals surface area contributed by atoms with E-state index in [9.17, 15) is 14.4 Å². The third kappa shape index (κ3) is 7.19. The summed E-state index contributed by atoms with van der Waals surface area (Å²) in [4.78, 5) is 41.7. The molecule has 3 aromatic rings. The molecule has 1 atom stereocenters. The van der Waals surface area contributed by atoms with Gasteiger partial charge in [-0.1, -0.05) is 29.5 Å². The van der Waals surface area contributed by atoms with Gasteiger partial charge in [-0.25, -0.2) is 9.78 Å². The second kappa shape index (κ2) is 12.2. The molecule has 0 radical (unpaired) electrons. The molecule has 2 N–H and O–H groups in total. The van der Waals surface area contributed by atoms with Gasteiger partial charge in [-0.2, -0.15) is 11.8 Å². The first-order valence-corrected chi connectivity index (χ1v) is 12.6. The van der Waals surface area contributed by atoms with Crippen molar-refractivity contribution in [3.8, 4) is 5.75 Å². The molecule has 0 fully saturated rings. The lowest BCUT2D eigenvalue weighted by Crippen LogP contribution is -2.43. The fourth-order valence-corrected chi connectivity index (χ4v) is 4.31. The summed E-state index contributed by atoms with van der Waals surface area (Å²) < 4.78 is 11.5. The number of thiazole rings is 1. The summed E-state index contributed by atoms with van der Waals surface area (Å²) >= 11 is 2.85. The number of carbonyl (C=O) groups is 3. The van der Waals surface area contributed by atoms with E-state index in [-0.39, 0.29) is 5.91 Å². The van der Waals surface area contributed by atoms with Crippen LogP contribution in [0.15, 0.2) is 48.5 Å². The summed E-state index contributed by atoms with van der Waals surface area (Å²) in [6, 6.07) is 13.3. The molecule has 0 aliphatic rings. The van der Waals surface area contributed by atoms with E-state index in [2.05, 4.69) is 15.6 Å². The summed E-state index contributed by atoms with van der Waals surface area (Å²) in [5.41, 5.74) is 1.18. The van der Waals surface area contributed by atoms with Gasteiger partial charge in [0.25, 0.3) is 11.8 Å². The van der Waals surface area contributed by atoms with Gasteiger partial charge in [-0.05, 0) is 55.7 Å². The minimum absolute atomic E-state index is 0.371. The number of rotatable bonds is 11. The molecule has 0 aliphatic heterocycles. The van der Waals surface area contributed by atoms with E-state index in [1.54, 1.807) is 42.1 Å². The number of ether oxygens (including phenoxy) is 2. The van der Waals surface area contributed by atoms with Crippen LogP contribution in [-0.4, -0.2) is 54.0 Å². The summed E-state index contributed by atoms with van der Waals surface area (Å²) in [6.45, 7) is 1.99. The Hall–Kier alpha value is -3.11. The molecule has 10 heteroatoms. The van der Waals surface area contributed by atoms with Gasteiger partial charge in [-0.3, -0.25) is 14.9 Å². The highest BCUT2D eigenvalue weighted by molar-refractivity contribution is 7.98. The number of carbonyl (C=O) groups excluding carboxylic acids is 3. The molecule has 0 saturated heterocycles. The third-order valence-corrected chi connectivity index (χ3v) is 6.08. The van der Waals surface area contributed by atoms with Gasteiger partial charge in [0.1, 0.15) is 11.8 Å². The molecule has 1 heterocycles. The number of nitrogens with one attached hydrogen (secondary N) is 2. The highest BCUT2D eigenvalue weighted by atomic mass is 32.2. The van der Waals surface area contributed by atoms with Gasteiger partial charge < -0.3 is 14.8 Å². The summed E-state index contributed by atoms with van der Waals surface area (Å²) in [5.74, 6) is -0.158. The Kier molecular flexibility index (Phi) is 9.08. The van der Waals surface area contributed by atoms with Crippen molar-refractivity contribution in [2.24, 2.45) is 0 Å². The Morgan fingerprint density at radius 3 is 2.67 bits per heavy atom. The van der Waals surface area contributed by atoms with Crippen molar-refractivity contribution in [3.63, 3.8) is 0 Å². The minimum Gasteiger partial charge on any atom is -0.494 e. The van der Waals surface area contributed by atoms with Gasteiger partial charge in [0.2, 0.25) is 0 Å². The molecule has 0 aliphatic carbocycles. The lowest BCUT2D eigenvalue weighted by Gasteiger charge is -2.17. The number of fused-ring (bicyclic) bond motifs is 1. The van der Waals surface area contributed by atoms with Crippen LogP contribution in [0.2, 0.25) is 0 Å². The molecule has 174 valence electrons. The minimum atomic E-state index is -0.850. The summed E-state index contributed by atoms with van der Waals surface area (Å²) in [6.07, 6.45) is 2.30. The normalized spacial score (nSPS) is 11.6. The first-order chi connectivity index (χ1) is 16.0. The number of amides is 2. The molecule has 8 nitrogen and oxygen atoms in total. The van der Waals surface area contributed by atoms with Crippen LogP contribution in [0.3, 0.4) is 0 Å². The number of aromatic nitrogens is 1. The molecule has 33 heavy (non-hydrogen) atoms. The number of thioether (sulfide) groups is 1. The van der Waals surface area contributed by atoms with E-state index in [0.717, 1.165) is 16.0 Å². The molecule has 1 unspecified atom stereocenters. The monoisotopic (exact) mass is 487 g/mol. The van der Waals surface area contributed by atoms with Crippen molar-refractivity contribution < 1.29 is 23.9 Å². The third-order valence-electron chi connectivity index (χ3n) is 4.50. The van der Waals surface area contributed by atoms with Gasteiger partial charge >= 0.3 is 5.97 Å². The molecular weight excluding hydrogens is 462 g/mol. The second-order valence-corrected chi connectivity index (χ2v) is 8.93. The van der Waals surface area contributed by atoms with E-state index in [1.807, 2.05) is 31.4 Å². The lowest BCUT2D eigenvalue weighted by molar-refractivity contribution is -0.149. The SMILES string of the molecule is CCOc1ccc2nc(NC(=O)COC(=O)C(CCSC)NC(=O)c3ccccc3)sc2c1. The van der Waals surface area contributed by atoms with E-state index in [0.29, 0.717) is 29.5 Å². The zero-order chi connectivity index (χ0) is 23.6. The number of anilines is 1. The van der Waals surface area contributed by atoms with Crippen molar-refractivity contribution in [2.45, 2.75) is 19.4 Å². The lowest BCUT2D eigenvalue weighted by atomic mass is 10.1. The number of nitrogens with zero attached hydrogens (tertiary/aromatic N) is 1. The van der Waals surface area contributed by atoms with E-state index < -0.39 is 24.5 Å². The van der Waals surface area contributed by atoms with Crippen LogP contribution in [0.5, 0.6) is 5.75 Å². The second-order valence-electron chi connectivity index (χ2n) is 6.91. The van der Waals surface area contributed by atoms with Crippen molar-refractivity contribution in [2.75, 3.05) is 30.5 Å². The Morgan fingerprint density at radius 1 is 1.15 bits per heavy atom. The van der Waals surface area contributed by atoms with Crippen molar-refractivity contribution in [3.05, 3.63) is 54.1 Å². The Balaban J connectivity index is 1.55. The molecule has 2 amide bonds. The van der Waals surface area contributed by atoms with Crippen LogP contribution in [0, 0.1) is 0 Å². The Labute approximate surface area is 200 Å². The van der Waals surface area contributed by atoms with E-state index in [4.69, 9.17) is 9.47 Å². The zero-order valence-electron chi connectivity index (χ0n) is 18.3.